The number of nitrogens with zero attached hydrogens (tertiary/aromatic N) is 2. The first-order valence-electron chi connectivity index (χ1n) is 9.61. The van der Waals surface area contributed by atoms with Crippen LogP contribution in [0.25, 0.3) is 15.9 Å². The fourth-order valence-electron chi connectivity index (χ4n) is 3.71. The smallest absolute Gasteiger partial charge is 0.267 e. The largest absolute Gasteiger partial charge is 0.358 e. The Bertz CT molecular complexity index is 1150. The van der Waals surface area contributed by atoms with E-state index < -0.39 is 11.1 Å². The lowest BCUT2D eigenvalue weighted by Crippen LogP contribution is -2.29. The lowest BCUT2D eigenvalue weighted by atomic mass is 9.89. The highest BCUT2D eigenvalue weighted by atomic mass is 32.2. The number of nitrogens with one attached hydrogen (secondary N) is 1. The Kier molecular flexibility index (Phi) is 5.48. The Morgan fingerprint density at radius 1 is 1.41 bits per heavy atom. The Morgan fingerprint density at radius 3 is 2.90 bits per heavy atom. The molecule has 2 heterocycles. The van der Waals surface area contributed by atoms with Gasteiger partial charge in [0, 0.05) is 11.9 Å². The summed E-state index contributed by atoms with van der Waals surface area (Å²) in [6.07, 6.45) is 2.81. The number of hydrogen-bond donors (Lipinski definition) is 1. The molecule has 0 bridgehead atoms. The number of aromatic nitrogens is 2. The molecule has 2 unspecified atom stereocenters. The fraction of sp³-hybridized carbons (Fsp3) is 0.381. The summed E-state index contributed by atoms with van der Waals surface area (Å²) in [4.78, 5) is 32.3. The quantitative estimate of drug-likeness (QED) is 0.502. The van der Waals surface area contributed by atoms with Crippen LogP contribution in [-0.2, 0) is 17.6 Å². The maximum atomic E-state index is 14.6. The van der Waals surface area contributed by atoms with Crippen LogP contribution in [0.3, 0.4) is 0 Å². The Balaban J connectivity index is 1.97. The average molecular weight is 432 g/mol. The van der Waals surface area contributed by atoms with E-state index in [-0.39, 0.29) is 17.2 Å². The second-order valence-corrected chi connectivity index (χ2v) is 9.78. The highest BCUT2D eigenvalue weighted by molar-refractivity contribution is 8.00. The second kappa shape index (κ2) is 7.91. The summed E-state index contributed by atoms with van der Waals surface area (Å²) in [5.74, 6) is -0.0990. The van der Waals surface area contributed by atoms with Crippen LogP contribution in [0.1, 0.15) is 30.7 Å². The van der Waals surface area contributed by atoms with E-state index in [1.54, 1.807) is 43.5 Å². The van der Waals surface area contributed by atoms with Gasteiger partial charge in [-0.2, -0.15) is 0 Å². The number of thiophene rings is 1. The van der Waals surface area contributed by atoms with Crippen LogP contribution in [0, 0.1) is 11.7 Å². The molecule has 29 heavy (non-hydrogen) atoms. The van der Waals surface area contributed by atoms with Crippen molar-refractivity contribution in [2.24, 2.45) is 5.92 Å². The number of fused-ring (bicyclic) bond motifs is 3. The standard InChI is InChI=1S/C21H22FN3O2S2/c1-11-8-9-13-16(10-11)29-19-17(13)20(27)25(15-7-5-4-6-14(15)22)21(24-19)28-12(2)18(26)23-3/h4-7,11-12H,8-10H2,1-3H3,(H,23,26). The maximum Gasteiger partial charge on any atom is 0.267 e. The van der Waals surface area contributed by atoms with E-state index in [9.17, 15) is 14.0 Å². The molecule has 1 aromatic carbocycles. The summed E-state index contributed by atoms with van der Waals surface area (Å²) in [5, 5.41) is 3.05. The molecule has 0 aliphatic heterocycles. The molecule has 1 amide bonds. The molecule has 2 atom stereocenters. The zero-order valence-corrected chi connectivity index (χ0v) is 18.1. The molecule has 0 radical (unpaired) electrons. The number of benzene rings is 1. The minimum Gasteiger partial charge on any atom is -0.358 e. The molecule has 4 rings (SSSR count). The molecule has 1 aliphatic rings. The molecule has 0 fully saturated rings. The Hall–Kier alpha value is -2.19. The molecular formula is C21H22FN3O2S2. The molecule has 152 valence electrons. The summed E-state index contributed by atoms with van der Waals surface area (Å²) in [5.41, 5.74) is 0.947. The minimum absolute atomic E-state index is 0.155. The van der Waals surface area contributed by atoms with E-state index in [1.807, 2.05) is 0 Å². The number of halogens is 1. The fourth-order valence-corrected chi connectivity index (χ4v) is 6.11. The van der Waals surface area contributed by atoms with E-state index in [1.165, 1.54) is 15.5 Å². The van der Waals surface area contributed by atoms with Gasteiger partial charge in [0.05, 0.1) is 16.3 Å². The summed E-state index contributed by atoms with van der Waals surface area (Å²) in [6.45, 7) is 3.96. The van der Waals surface area contributed by atoms with Crippen LogP contribution in [0.2, 0.25) is 0 Å². The number of thioether (sulfide) groups is 1. The third-order valence-corrected chi connectivity index (χ3v) is 7.49. The monoisotopic (exact) mass is 431 g/mol. The lowest BCUT2D eigenvalue weighted by Gasteiger charge is -2.18. The average Bonchev–Trinajstić information content (AvgIpc) is 3.05. The molecular weight excluding hydrogens is 409 g/mol. The molecule has 5 nitrogen and oxygen atoms in total. The predicted octanol–water partition coefficient (Wildman–Crippen LogP) is 3.94. The van der Waals surface area contributed by atoms with Gasteiger partial charge < -0.3 is 5.32 Å². The molecule has 1 aliphatic carbocycles. The summed E-state index contributed by atoms with van der Waals surface area (Å²) >= 11 is 2.71. The van der Waals surface area contributed by atoms with Gasteiger partial charge >= 0.3 is 0 Å². The van der Waals surface area contributed by atoms with Gasteiger partial charge in [0.1, 0.15) is 10.6 Å². The van der Waals surface area contributed by atoms with Crippen molar-refractivity contribution < 1.29 is 9.18 Å². The van der Waals surface area contributed by atoms with Gasteiger partial charge in [-0.15, -0.1) is 11.3 Å². The number of hydrogen-bond acceptors (Lipinski definition) is 5. The number of carbonyl (C=O) groups is 1. The summed E-state index contributed by atoms with van der Waals surface area (Å²) in [7, 11) is 1.56. The van der Waals surface area contributed by atoms with Crippen LogP contribution in [-0.4, -0.2) is 27.8 Å². The van der Waals surface area contributed by atoms with Gasteiger partial charge in [0.25, 0.3) is 5.56 Å². The first-order chi connectivity index (χ1) is 13.9. The molecule has 8 heteroatoms. The lowest BCUT2D eigenvalue weighted by molar-refractivity contribution is -0.119. The van der Waals surface area contributed by atoms with Crippen molar-refractivity contribution in [3.63, 3.8) is 0 Å². The van der Waals surface area contributed by atoms with Gasteiger partial charge in [0.15, 0.2) is 5.16 Å². The maximum absolute atomic E-state index is 14.6. The van der Waals surface area contributed by atoms with Crippen molar-refractivity contribution in [2.45, 2.75) is 43.5 Å². The zero-order chi connectivity index (χ0) is 20.7. The molecule has 0 saturated carbocycles. The van der Waals surface area contributed by atoms with E-state index >= 15 is 0 Å². The van der Waals surface area contributed by atoms with Gasteiger partial charge in [-0.25, -0.2) is 9.37 Å². The van der Waals surface area contributed by atoms with Crippen LogP contribution >= 0.6 is 23.1 Å². The number of rotatable bonds is 4. The van der Waals surface area contributed by atoms with Crippen LogP contribution in [0.5, 0.6) is 0 Å². The third-order valence-electron chi connectivity index (χ3n) is 5.29. The predicted molar refractivity (Wildman–Crippen MR) is 116 cm³/mol. The van der Waals surface area contributed by atoms with Crippen LogP contribution < -0.4 is 10.9 Å². The molecule has 2 aromatic heterocycles. The molecule has 3 aromatic rings. The van der Waals surface area contributed by atoms with Crippen molar-refractivity contribution in [3.8, 4) is 5.69 Å². The van der Waals surface area contributed by atoms with E-state index in [0.29, 0.717) is 21.3 Å². The molecule has 1 N–H and O–H groups in total. The van der Waals surface area contributed by atoms with Crippen molar-refractivity contribution >= 4 is 39.2 Å². The third kappa shape index (κ3) is 3.59. The number of aryl methyl sites for hydroxylation is 1. The normalized spacial score (nSPS) is 17.2. The highest BCUT2D eigenvalue weighted by Crippen LogP contribution is 2.37. The van der Waals surface area contributed by atoms with Gasteiger partial charge in [-0.1, -0.05) is 30.8 Å². The first kappa shape index (κ1) is 20.1. The summed E-state index contributed by atoms with van der Waals surface area (Å²) in [6, 6.07) is 6.17. The van der Waals surface area contributed by atoms with Gasteiger partial charge in [-0.3, -0.25) is 14.2 Å². The Morgan fingerprint density at radius 2 is 2.17 bits per heavy atom. The van der Waals surface area contributed by atoms with Gasteiger partial charge in [-0.05, 0) is 49.8 Å². The first-order valence-corrected chi connectivity index (χ1v) is 11.3. The van der Waals surface area contributed by atoms with Gasteiger partial charge in [0.2, 0.25) is 5.91 Å². The van der Waals surface area contributed by atoms with Crippen molar-refractivity contribution in [2.75, 3.05) is 7.05 Å². The van der Waals surface area contributed by atoms with E-state index in [4.69, 9.17) is 4.98 Å². The number of carbonyl (C=O) groups excluding carboxylic acids is 1. The molecule has 0 spiro atoms. The van der Waals surface area contributed by atoms with Crippen molar-refractivity contribution in [3.05, 3.63) is 50.9 Å². The summed E-state index contributed by atoms with van der Waals surface area (Å²) < 4.78 is 16.0. The van der Waals surface area contributed by atoms with Crippen LogP contribution in [0.15, 0.2) is 34.2 Å². The van der Waals surface area contributed by atoms with Crippen molar-refractivity contribution in [1.82, 2.24) is 14.9 Å². The van der Waals surface area contributed by atoms with E-state index in [2.05, 4.69) is 12.2 Å². The Labute approximate surface area is 176 Å². The highest BCUT2D eigenvalue weighted by Gasteiger charge is 2.27. The van der Waals surface area contributed by atoms with E-state index in [0.717, 1.165) is 36.6 Å². The number of amides is 1. The zero-order valence-electron chi connectivity index (χ0n) is 16.5. The molecule has 0 saturated heterocycles. The number of para-hydroxylation sites is 1. The minimum atomic E-state index is -0.497. The van der Waals surface area contributed by atoms with Crippen LogP contribution in [0.4, 0.5) is 4.39 Å². The SMILES string of the molecule is CNC(=O)C(C)Sc1nc2sc3c(c2c(=O)n1-c1ccccc1F)CCC(C)C3. The second-order valence-electron chi connectivity index (χ2n) is 7.39. The van der Waals surface area contributed by atoms with Crippen molar-refractivity contribution in [1.29, 1.82) is 0 Å². The topological polar surface area (TPSA) is 64.0 Å².